The third-order valence-electron chi connectivity index (χ3n) is 5.64. The van der Waals surface area contributed by atoms with E-state index in [-0.39, 0.29) is 11.4 Å². The molecule has 0 aliphatic carbocycles. The molecule has 1 N–H and O–H groups in total. The van der Waals surface area contributed by atoms with Gasteiger partial charge in [-0.05, 0) is 38.8 Å². The summed E-state index contributed by atoms with van der Waals surface area (Å²) in [5.41, 5.74) is -0.845. The molecule has 4 unspecified atom stereocenters. The first kappa shape index (κ1) is 16.7. The van der Waals surface area contributed by atoms with Crippen LogP contribution in [0.1, 0.15) is 25.3 Å². The predicted molar refractivity (Wildman–Crippen MR) is 85.9 cm³/mol. The highest BCUT2D eigenvalue weighted by molar-refractivity contribution is 7.89. The summed E-state index contributed by atoms with van der Waals surface area (Å²) in [4.78, 5) is 24.3. The molecule has 25 heavy (non-hydrogen) atoms. The van der Waals surface area contributed by atoms with E-state index in [0.717, 1.165) is 5.56 Å². The van der Waals surface area contributed by atoms with Crippen LogP contribution < -0.4 is 4.72 Å². The van der Waals surface area contributed by atoms with E-state index in [1.165, 1.54) is 12.1 Å². The molecule has 3 heterocycles. The topological polar surface area (TPSA) is 98.8 Å². The maximum Gasteiger partial charge on any atom is 0.320 e. The third-order valence-corrected chi connectivity index (χ3v) is 7.06. The van der Waals surface area contributed by atoms with E-state index in [2.05, 4.69) is 4.72 Å². The van der Waals surface area contributed by atoms with Crippen LogP contribution in [0, 0.1) is 18.8 Å². The standard InChI is InChI=1S/C17H19NO6S/c1-10-3-5-11(6-4-10)25(21,22)18-9-17-8-7-16(2,24-17)12-13(17)15(20)23-14(12)19/h3-6,12-13,18H,7-9H2,1-2H3. The molecule has 4 atom stereocenters. The fourth-order valence-electron chi connectivity index (χ4n) is 4.34. The number of carbonyl (C=O) groups excluding carboxylic acids is 2. The van der Waals surface area contributed by atoms with Crippen molar-refractivity contribution >= 4 is 22.0 Å². The number of hydrogen-bond donors (Lipinski definition) is 1. The summed E-state index contributed by atoms with van der Waals surface area (Å²) in [6, 6.07) is 6.49. The van der Waals surface area contributed by atoms with Gasteiger partial charge in [0.1, 0.15) is 11.8 Å². The molecule has 0 saturated carbocycles. The summed E-state index contributed by atoms with van der Waals surface area (Å²) in [5.74, 6) is -2.59. The molecule has 2 bridgehead atoms. The van der Waals surface area contributed by atoms with Gasteiger partial charge in [-0.3, -0.25) is 9.59 Å². The Labute approximate surface area is 145 Å². The van der Waals surface area contributed by atoms with E-state index in [9.17, 15) is 18.0 Å². The number of esters is 2. The van der Waals surface area contributed by atoms with Crippen LogP contribution in [0.15, 0.2) is 29.2 Å². The quantitative estimate of drug-likeness (QED) is 0.629. The number of cyclic esters (lactones) is 2. The van der Waals surface area contributed by atoms with E-state index < -0.39 is 45.0 Å². The van der Waals surface area contributed by atoms with Crippen molar-refractivity contribution in [2.75, 3.05) is 6.54 Å². The smallest absolute Gasteiger partial charge is 0.320 e. The lowest BCUT2D eigenvalue weighted by atomic mass is 9.68. The van der Waals surface area contributed by atoms with Crippen LogP contribution in [0.25, 0.3) is 0 Å². The number of carbonyl (C=O) groups is 2. The van der Waals surface area contributed by atoms with Crippen molar-refractivity contribution in [1.29, 1.82) is 0 Å². The number of rotatable bonds is 4. The Hall–Kier alpha value is -1.77. The Morgan fingerprint density at radius 3 is 2.44 bits per heavy atom. The van der Waals surface area contributed by atoms with E-state index in [1.807, 2.05) is 6.92 Å². The number of aryl methyl sites for hydroxylation is 1. The lowest BCUT2D eigenvalue weighted by Gasteiger charge is -2.29. The van der Waals surface area contributed by atoms with Gasteiger partial charge in [0.25, 0.3) is 0 Å². The Morgan fingerprint density at radius 2 is 1.76 bits per heavy atom. The van der Waals surface area contributed by atoms with Crippen molar-refractivity contribution in [3.05, 3.63) is 29.8 Å². The minimum Gasteiger partial charge on any atom is -0.393 e. The van der Waals surface area contributed by atoms with Gasteiger partial charge < -0.3 is 9.47 Å². The normalized spacial score (nSPS) is 36.6. The molecule has 134 valence electrons. The van der Waals surface area contributed by atoms with Crippen LogP contribution in [-0.2, 0) is 29.1 Å². The molecule has 7 nitrogen and oxygen atoms in total. The molecule has 4 rings (SSSR count). The molecule has 0 aromatic heterocycles. The highest BCUT2D eigenvalue weighted by Crippen LogP contribution is 2.60. The second-order valence-corrected chi connectivity index (χ2v) is 9.08. The van der Waals surface area contributed by atoms with Gasteiger partial charge in [0.15, 0.2) is 0 Å². The number of ether oxygens (including phenoxy) is 2. The van der Waals surface area contributed by atoms with Crippen molar-refractivity contribution in [2.45, 2.75) is 42.8 Å². The summed E-state index contributed by atoms with van der Waals surface area (Å²) < 4.78 is 38.5. The average Bonchev–Trinajstić information content (AvgIpc) is 3.14. The van der Waals surface area contributed by atoms with Gasteiger partial charge in [0.05, 0.1) is 16.1 Å². The number of hydrogen-bond acceptors (Lipinski definition) is 6. The second-order valence-electron chi connectivity index (χ2n) is 7.31. The summed E-state index contributed by atoms with van der Waals surface area (Å²) in [5, 5.41) is 0. The zero-order chi connectivity index (χ0) is 18.0. The molecule has 0 amide bonds. The lowest BCUT2D eigenvalue weighted by Crippen LogP contribution is -2.49. The fourth-order valence-corrected chi connectivity index (χ4v) is 5.43. The molecule has 3 aliphatic rings. The first-order chi connectivity index (χ1) is 11.7. The Bertz CT molecular complexity index is 864. The highest BCUT2D eigenvalue weighted by atomic mass is 32.2. The summed E-state index contributed by atoms with van der Waals surface area (Å²) in [7, 11) is -3.74. The van der Waals surface area contributed by atoms with Gasteiger partial charge in [0.2, 0.25) is 10.0 Å². The number of fused-ring (bicyclic) bond motifs is 5. The number of sulfonamides is 1. The van der Waals surface area contributed by atoms with Crippen LogP contribution in [0.2, 0.25) is 0 Å². The molecule has 3 saturated heterocycles. The second kappa shape index (κ2) is 5.12. The zero-order valence-electron chi connectivity index (χ0n) is 13.9. The first-order valence-corrected chi connectivity index (χ1v) is 9.67. The average molecular weight is 365 g/mol. The fraction of sp³-hybridized carbons (Fsp3) is 0.529. The lowest BCUT2D eigenvalue weighted by molar-refractivity contribution is -0.161. The Morgan fingerprint density at radius 1 is 1.12 bits per heavy atom. The van der Waals surface area contributed by atoms with Crippen LogP contribution in [0.3, 0.4) is 0 Å². The summed E-state index contributed by atoms with van der Waals surface area (Å²) in [6.45, 7) is 3.59. The maximum atomic E-state index is 12.5. The van der Waals surface area contributed by atoms with Crippen LogP contribution in [0.5, 0.6) is 0 Å². The largest absolute Gasteiger partial charge is 0.393 e. The van der Waals surface area contributed by atoms with Gasteiger partial charge in [-0.2, -0.15) is 0 Å². The van der Waals surface area contributed by atoms with Crippen LogP contribution in [-0.4, -0.2) is 38.1 Å². The summed E-state index contributed by atoms with van der Waals surface area (Å²) >= 11 is 0. The van der Waals surface area contributed by atoms with Gasteiger partial charge in [0, 0.05) is 6.54 Å². The van der Waals surface area contributed by atoms with E-state index in [1.54, 1.807) is 19.1 Å². The minimum absolute atomic E-state index is 0.0671. The highest BCUT2D eigenvalue weighted by Gasteiger charge is 2.73. The SMILES string of the molecule is Cc1ccc(S(=O)(=O)NCC23CCC(C)(O2)C2C(=O)OC(=O)C23)cc1. The minimum atomic E-state index is -3.74. The van der Waals surface area contributed by atoms with E-state index in [0.29, 0.717) is 12.8 Å². The van der Waals surface area contributed by atoms with Gasteiger partial charge in [-0.1, -0.05) is 17.7 Å². The Kier molecular flexibility index (Phi) is 3.42. The molecular formula is C17H19NO6S. The first-order valence-electron chi connectivity index (χ1n) is 8.19. The monoisotopic (exact) mass is 365 g/mol. The van der Waals surface area contributed by atoms with Crippen molar-refractivity contribution in [3.8, 4) is 0 Å². The van der Waals surface area contributed by atoms with Crippen molar-refractivity contribution in [3.63, 3.8) is 0 Å². The van der Waals surface area contributed by atoms with Gasteiger partial charge in [-0.25, -0.2) is 13.1 Å². The number of nitrogens with one attached hydrogen (secondary N) is 1. The van der Waals surface area contributed by atoms with Gasteiger partial charge in [-0.15, -0.1) is 0 Å². The molecule has 1 aromatic carbocycles. The molecular weight excluding hydrogens is 346 g/mol. The maximum absolute atomic E-state index is 12.5. The predicted octanol–water partition coefficient (Wildman–Crippen LogP) is 0.911. The van der Waals surface area contributed by atoms with E-state index >= 15 is 0 Å². The molecule has 1 aromatic rings. The van der Waals surface area contributed by atoms with Crippen molar-refractivity contribution in [1.82, 2.24) is 4.72 Å². The Balaban J connectivity index is 1.59. The number of benzene rings is 1. The molecule has 8 heteroatoms. The van der Waals surface area contributed by atoms with E-state index in [4.69, 9.17) is 9.47 Å². The molecule has 0 radical (unpaired) electrons. The molecule has 3 aliphatic heterocycles. The zero-order valence-corrected chi connectivity index (χ0v) is 14.8. The summed E-state index contributed by atoms with van der Waals surface area (Å²) in [6.07, 6.45) is 1.09. The molecule has 3 fully saturated rings. The molecule has 0 spiro atoms. The van der Waals surface area contributed by atoms with Gasteiger partial charge >= 0.3 is 11.9 Å². The van der Waals surface area contributed by atoms with Crippen molar-refractivity contribution in [2.24, 2.45) is 11.8 Å². The third kappa shape index (κ3) is 2.35. The van der Waals surface area contributed by atoms with Crippen LogP contribution >= 0.6 is 0 Å². The van der Waals surface area contributed by atoms with Crippen LogP contribution in [0.4, 0.5) is 0 Å². The van der Waals surface area contributed by atoms with Crippen molar-refractivity contribution < 1.29 is 27.5 Å².